The minimum Gasteiger partial charge on any atom is -0.379 e. The summed E-state index contributed by atoms with van der Waals surface area (Å²) in [4.78, 5) is 0. The Balaban J connectivity index is 4.43. The summed E-state index contributed by atoms with van der Waals surface area (Å²) < 4.78 is 151. The van der Waals surface area contributed by atoms with Gasteiger partial charge in [0.25, 0.3) is 0 Å². The van der Waals surface area contributed by atoms with Gasteiger partial charge in [-0.2, -0.15) is 47.9 Å². The van der Waals surface area contributed by atoms with Crippen molar-refractivity contribution in [2.24, 2.45) is 0 Å². The van der Waals surface area contributed by atoms with Crippen molar-refractivity contribution in [3.8, 4) is 0 Å². The predicted molar refractivity (Wildman–Crippen MR) is 86.2 cm³/mol. The molecule has 15 heteroatoms. The van der Waals surface area contributed by atoms with Crippen LogP contribution >= 0.6 is 0 Å². The van der Waals surface area contributed by atoms with E-state index in [-0.39, 0.29) is 32.5 Å². The largest absolute Gasteiger partial charge is 0.460 e. The summed E-state index contributed by atoms with van der Waals surface area (Å²) in [5.74, 6) is -14.6. The lowest BCUT2D eigenvalue weighted by atomic mass is 10.1. The van der Waals surface area contributed by atoms with Gasteiger partial charge in [-0.3, -0.25) is 4.18 Å². The van der Waals surface area contributed by atoms with E-state index in [0.29, 0.717) is 13.2 Å². The van der Waals surface area contributed by atoms with Gasteiger partial charge < -0.3 is 9.47 Å². The average molecular weight is 486 g/mol. The van der Waals surface area contributed by atoms with Crippen LogP contribution in [0.4, 0.5) is 39.5 Å². The molecule has 0 aliphatic rings. The lowest BCUT2D eigenvalue weighted by Crippen LogP contribution is -2.63. The fraction of sp³-hybridized carbons (Fsp3) is 1.00. The molecule has 0 bridgehead atoms. The van der Waals surface area contributed by atoms with Crippen molar-refractivity contribution in [2.75, 3.05) is 33.0 Å². The monoisotopic (exact) mass is 486 g/mol. The number of hydrogen-bond acceptors (Lipinski definition) is 5. The molecule has 0 saturated heterocycles. The van der Waals surface area contributed by atoms with Crippen LogP contribution in [0.5, 0.6) is 0 Å². The Labute approximate surface area is 168 Å². The smallest absolute Gasteiger partial charge is 0.379 e. The number of unbranched alkanes of at least 4 members (excludes halogenated alkanes) is 3. The third-order valence-corrected chi connectivity index (χ3v) is 4.98. The predicted octanol–water partition coefficient (Wildman–Crippen LogP) is 4.76. The zero-order chi connectivity index (χ0) is 23.7. The molecule has 0 radical (unpaired) electrons. The molecule has 0 aliphatic carbocycles. The second-order valence-corrected chi connectivity index (χ2v) is 7.74. The fourth-order valence-corrected chi connectivity index (χ4v) is 2.74. The summed E-state index contributed by atoms with van der Waals surface area (Å²) in [5, 5.41) is -6.82. The second-order valence-electron chi connectivity index (χ2n) is 6.08. The number of ether oxygens (including phenoxy) is 2. The van der Waals surface area contributed by atoms with Gasteiger partial charge in [0.05, 0.1) is 19.8 Å². The van der Waals surface area contributed by atoms with E-state index in [9.17, 15) is 47.9 Å². The van der Waals surface area contributed by atoms with Crippen LogP contribution < -0.4 is 0 Å². The molecule has 182 valence electrons. The number of halogens is 9. The molecule has 0 saturated carbocycles. The highest BCUT2D eigenvalue weighted by atomic mass is 32.2. The van der Waals surface area contributed by atoms with Crippen molar-refractivity contribution in [3.05, 3.63) is 0 Å². The van der Waals surface area contributed by atoms with Gasteiger partial charge in [-0.05, 0) is 25.7 Å². The molecule has 0 amide bonds. The van der Waals surface area contributed by atoms with Gasteiger partial charge in [-0.25, -0.2) is 0 Å². The summed E-state index contributed by atoms with van der Waals surface area (Å²) in [7, 11) is -6.78. The standard InChI is InChI=1S/C15H23F9O5S/c1-2-3-7-27-10-11-28-8-5-4-6-9-29-30(25,26)15(23,24)13(18,19)12(16,17)14(20,21)22/h2-11H2,1H3. The first kappa shape index (κ1) is 29.2. The summed E-state index contributed by atoms with van der Waals surface area (Å²) in [6, 6.07) is 0. The SMILES string of the molecule is CCCCOCCOCCCCCOS(=O)(=O)C(F)(F)C(F)(F)C(F)(F)C(F)(F)F. The summed E-state index contributed by atoms with van der Waals surface area (Å²) in [5.41, 5.74) is 0. The lowest BCUT2D eigenvalue weighted by Gasteiger charge is -2.32. The summed E-state index contributed by atoms with van der Waals surface area (Å²) in [6.07, 6.45) is -5.14. The molecule has 0 aromatic heterocycles. The van der Waals surface area contributed by atoms with Gasteiger partial charge in [0, 0.05) is 13.2 Å². The number of hydrogen-bond donors (Lipinski definition) is 0. The van der Waals surface area contributed by atoms with Crippen LogP contribution in [-0.2, 0) is 23.8 Å². The van der Waals surface area contributed by atoms with Crippen molar-refractivity contribution < 1.29 is 61.6 Å². The minimum atomic E-state index is -7.31. The van der Waals surface area contributed by atoms with E-state index >= 15 is 0 Å². The maximum atomic E-state index is 13.4. The molecular weight excluding hydrogens is 463 g/mol. The van der Waals surface area contributed by atoms with Gasteiger partial charge in [-0.1, -0.05) is 13.3 Å². The molecule has 0 unspecified atom stereocenters. The van der Waals surface area contributed by atoms with Crippen molar-refractivity contribution in [1.29, 1.82) is 0 Å². The van der Waals surface area contributed by atoms with Gasteiger partial charge in [-0.15, -0.1) is 0 Å². The summed E-state index contributed by atoms with van der Waals surface area (Å²) >= 11 is 0. The molecular formula is C15H23F9O5S. The quantitative estimate of drug-likeness (QED) is 0.179. The third-order valence-electron chi connectivity index (χ3n) is 3.62. The summed E-state index contributed by atoms with van der Waals surface area (Å²) in [6.45, 7) is 2.22. The second kappa shape index (κ2) is 11.7. The average Bonchev–Trinajstić information content (AvgIpc) is 2.61. The van der Waals surface area contributed by atoms with Gasteiger partial charge >= 0.3 is 33.4 Å². The molecule has 0 spiro atoms. The first-order chi connectivity index (χ1) is 13.6. The maximum Gasteiger partial charge on any atom is 0.460 e. The first-order valence-electron chi connectivity index (χ1n) is 8.81. The van der Waals surface area contributed by atoms with Gasteiger partial charge in [0.2, 0.25) is 0 Å². The van der Waals surface area contributed by atoms with E-state index in [4.69, 9.17) is 9.47 Å². The zero-order valence-electron chi connectivity index (χ0n) is 15.9. The van der Waals surface area contributed by atoms with E-state index in [1.54, 1.807) is 0 Å². The molecule has 0 aliphatic heterocycles. The van der Waals surface area contributed by atoms with Crippen molar-refractivity contribution in [3.63, 3.8) is 0 Å². The Morgan fingerprint density at radius 1 is 0.633 bits per heavy atom. The molecule has 0 fully saturated rings. The number of alkyl halides is 9. The molecule has 0 rings (SSSR count). The van der Waals surface area contributed by atoms with E-state index in [1.807, 2.05) is 6.92 Å². The van der Waals surface area contributed by atoms with Crippen LogP contribution in [0.2, 0.25) is 0 Å². The van der Waals surface area contributed by atoms with Crippen LogP contribution in [0.1, 0.15) is 39.0 Å². The van der Waals surface area contributed by atoms with E-state index in [2.05, 4.69) is 4.18 Å². The Kier molecular flexibility index (Phi) is 11.4. The van der Waals surface area contributed by atoms with Crippen molar-refractivity contribution in [1.82, 2.24) is 0 Å². The Morgan fingerprint density at radius 2 is 1.10 bits per heavy atom. The first-order valence-corrected chi connectivity index (χ1v) is 10.2. The molecule has 0 N–H and O–H groups in total. The molecule has 0 aromatic rings. The molecule has 30 heavy (non-hydrogen) atoms. The van der Waals surface area contributed by atoms with Gasteiger partial charge in [0.15, 0.2) is 0 Å². The Hall–Kier alpha value is -0.800. The van der Waals surface area contributed by atoms with E-state index < -0.39 is 40.0 Å². The normalized spacial score (nSPS) is 14.3. The maximum absolute atomic E-state index is 13.4. The van der Waals surface area contributed by atoms with Crippen LogP contribution in [0, 0.1) is 0 Å². The fourth-order valence-electron chi connectivity index (χ4n) is 1.81. The zero-order valence-corrected chi connectivity index (χ0v) is 16.7. The van der Waals surface area contributed by atoms with Crippen LogP contribution in [0.3, 0.4) is 0 Å². The topological polar surface area (TPSA) is 61.8 Å². The molecule has 0 atom stereocenters. The number of rotatable bonds is 16. The van der Waals surface area contributed by atoms with Crippen LogP contribution in [0.25, 0.3) is 0 Å². The van der Waals surface area contributed by atoms with E-state index in [0.717, 1.165) is 12.8 Å². The van der Waals surface area contributed by atoms with Crippen LogP contribution in [-0.4, -0.2) is 64.7 Å². The highest BCUT2D eigenvalue weighted by Gasteiger charge is 2.85. The molecule has 0 aromatic carbocycles. The van der Waals surface area contributed by atoms with Crippen molar-refractivity contribution in [2.45, 2.75) is 62.3 Å². The Bertz CT molecular complexity index is 594. The molecule has 5 nitrogen and oxygen atoms in total. The van der Waals surface area contributed by atoms with E-state index in [1.165, 1.54) is 0 Å². The third kappa shape index (κ3) is 7.41. The Morgan fingerprint density at radius 3 is 1.57 bits per heavy atom. The van der Waals surface area contributed by atoms with Crippen molar-refractivity contribution >= 4 is 10.1 Å². The highest BCUT2D eigenvalue weighted by molar-refractivity contribution is 7.87. The minimum absolute atomic E-state index is 0.118. The van der Waals surface area contributed by atoms with Crippen LogP contribution in [0.15, 0.2) is 0 Å². The van der Waals surface area contributed by atoms with Gasteiger partial charge in [0.1, 0.15) is 0 Å². The lowest BCUT2D eigenvalue weighted by molar-refractivity contribution is -0.382. The highest BCUT2D eigenvalue weighted by Crippen LogP contribution is 2.54. The molecule has 0 heterocycles.